The Labute approximate surface area is 163 Å². The average molecular weight is 371 g/mol. The van der Waals surface area contributed by atoms with E-state index in [-0.39, 0.29) is 5.91 Å². The van der Waals surface area contributed by atoms with Crippen molar-refractivity contribution in [3.63, 3.8) is 0 Å². The molecule has 28 heavy (non-hydrogen) atoms. The molecule has 0 aliphatic heterocycles. The second kappa shape index (κ2) is 7.96. The Hall–Kier alpha value is -3.60. The smallest absolute Gasteiger partial charge is 0.224 e. The van der Waals surface area contributed by atoms with Crippen LogP contribution in [0.1, 0.15) is 12.0 Å². The molecule has 0 aliphatic carbocycles. The molecule has 5 heteroatoms. The van der Waals surface area contributed by atoms with Gasteiger partial charge in [0.1, 0.15) is 5.75 Å². The minimum Gasteiger partial charge on any atom is -0.497 e. The monoisotopic (exact) mass is 371 g/mol. The number of rotatable bonds is 6. The van der Waals surface area contributed by atoms with Gasteiger partial charge in [0, 0.05) is 41.1 Å². The molecule has 0 aliphatic rings. The maximum atomic E-state index is 12.4. The Morgan fingerprint density at radius 1 is 1.04 bits per heavy atom. The Kier molecular flexibility index (Phi) is 5.06. The molecule has 0 atom stereocenters. The van der Waals surface area contributed by atoms with Crippen LogP contribution in [0.5, 0.6) is 5.75 Å². The number of anilines is 1. The number of pyridine rings is 1. The minimum absolute atomic E-state index is 0.0165. The van der Waals surface area contributed by atoms with Crippen molar-refractivity contribution in [1.82, 2.24) is 9.97 Å². The summed E-state index contributed by atoms with van der Waals surface area (Å²) in [4.78, 5) is 19.9. The van der Waals surface area contributed by atoms with Crippen LogP contribution in [-0.2, 0) is 11.2 Å². The lowest BCUT2D eigenvalue weighted by atomic mass is 10.0. The van der Waals surface area contributed by atoms with Crippen LogP contribution in [-0.4, -0.2) is 23.0 Å². The van der Waals surface area contributed by atoms with E-state index < -0.39 is 0 Å². The number of carbonyl (C=O) groups is 1. The topological polar surface area (TPSA) is 67.0 Å². The van der Waals surface area contributed by atoms with E-state index in [1.807, 2.05) is 36.4 Å². The number of benzene rings is 2. The van der Waals surface area contributed by atoms with Crippen LogP contribution in [0.15, 0.2) is 73.1 Å². The molecule has 2 aromatic heterocycles. The number of aromatic amines is 1. The van der Waals surface area contributed by atoms with Crippen LogP contribution in [0.2, 0.25) is 0 Å². The van der Waals surface area contributed by atoms with Crippen molar-refractivity contribution in [2.45, 2.75) is 12.8 Å². The number of hydrogen-bond donors (Lipinski definition) is 2. The van der Waals surface area contributed by atoms with Gasteiger partial charge in [-0.2, -0.15) is 0 Å². The summed E-state index contributed by atoms with van der Waals surface area (Å²) in [5.74, 6) is 0.801. The Bertz CT molecular complexity index is 1090. The molecule has 0 unspecified atom stereocenters. The van der Waals surface area contributed by atoms with Crippen molar-refractivity contribution in [2.24, 2.45) is 0 Å². The van der Waals surface area contributed by atoms with E-state index >= 15 is 0 Å². The molecule has 2 N–H and O–H groups in total. The normalized spacial score (nSPS) is 10.8. The number of hydrogen-bond acceptors (Lipinski definition) is 3. The predicted molar refractivity (Wildman–Crippen MR) is 111 cm³/mol. The maximum absolute atomic E-state index is 12.4. The lowest BCUT2D eigenvalue weighted by molar-refractivity contribution is -0.116. The van der Waals surface area contributed by atoms with Gasteiger partial charge in [0.25, 0.3) is 0 Å². The largest absolute Gasteiger partial charge is 0.497 e. The molecular weight excluding hydrogens is 350 g/mol. The summed E-state index contributed by atoms with van der Waals surface area (Å²) < 4.78 is 5.26. The number of fused-ring (bicyclic) bond motifs is 1. The van der Waals surface area contributed by atoms with Crippen molar-refractivity contribution in [1.29, 1.82) is 0 Å². The molecule has 2 heterocycles. The van der Waals surface area contributed by atoms with Crippen molar-refractivity contribution < 1.29 is 9.53 Å². The third-order valence-electron chi connectivity index (χ3n) is 4.76. The van der Waals surface area contributed by atoms with Crippen LogP contribution in [0.3, 0.4) is 0 Å². The zero-order chi connectivity index (χ0) is 19.3. The fraction of sp³-hybridized carbons (Fsp3) is 0.130. The number of amides is 1. The summed E-state index contributed by atoms with van der Waals surface area (Å²) in [5, 5.41) is 4.06. The lowest BCUT2D eigenvalue weighted by Gasteiger charge is -2.08. The van der Waals surface area contributed by atoms with Gasteiger partial charge in [-0.05, 0) is 60.0 Å². The van der Waals surface area contributed by atoms with Gasteiger partial charge >= 0.3 is 0 Å². The van der Waals surface area contributed by atoms with Crippen LogP contribution in [0, 0.1) is 0 Å². The molecule has 0 fully saturated rings. The number of carbonyl (C=O) groups excluding carboxylic acids is 1. The molecule has 1 amide bonds. The van der Waals surface area contributed by atoms with E-state index in [0.717, 1.165) is 39.2 Å². The van der Waals surface area contributed by atoms with E-state index in [1.165, 1.54) is 0 Å². The number of nitrogens with one attached hydrogen (secondary N) is 2. The van der Waals surface area contributed by atoms with Gasteiger partial charge in [-0.1, -0.05) is 18.2 Å². The Morgan fingerprint density at radius 2 is 1.79 bits per heavy atom. The van der Waals surface area contributed by atoms with Crippen molar-refractivity contribution >= 4 is 22.5 Å². The number of para-hydroxylation sites is 1. The molecule has 0 bridgehead atoms. The molecule has 0 saturated heterocycles. The summed E-state index contributed by atoms with van der Waals surface area (Å²) in [7, 11) is 1.66. The highest BCUT2D eigenvalue weighted by atomic mass is 16.5. The number of aryl methyl sites for hydroxylation is 1. The molecule has 0 radical (unpaired) electrons. The zero-order valence-electron chi connectivity index (χ0n) is 15.6. The van der Waals surface area contributed by atoms with Crippen molar-refractivity contribution in [2.75, 3.05) is 12.4 Å². The zero-order valence-corrected chi connectivity index (χ0v) is 15.6. The van der Waals surface area contributed by atoms with Gasteiger partial charge in [-0.15, -0.1) is 0 Å². The van der Waals surface area contributed by atoms with E-state index in [4.69, 9.17) is 4.74 Å². The fourth-order valence-corrected chi connectivity index (χ4v) is 3.36. The number of ether oxygens (including phenoxy) is 1. The number of H-pyrrole nitrogens is 1. The number of aromatic nitrogens is 2. The first-order chi connectivity index (χ1) is 13.7. The number of nitrogens with zero attached hydrogens (tertiary/aromatic N) is 1. The average Bonchev–Trinajstić information content (AvgIpc) is 3.11. The Morgan fingerprint density at radius 3 is 2.54 bits per heavy atom. The predicted octanol–water partition coefficient (Wildman–Crippen LogP) is 4.81. The highest BCUT2D eigenvalue weighted by molar-refractivity contribution is 5.93. The van der Waals surface area contributed by atoms with Crippen LogP contribution >= 0.6 is 0 Å². The lowest BCUT2D eigenvalue weighted by Crippen LogP contribution is -2.12. The molecule has 140 valence electrons. The molecule has 0 saturated carbocycles. The molecule has 4 aromatic rings. The van der Waals surface area contributed by atoms with Gasteiger partial charge in [0.15, 0.2) is 0 Å². The molecule has 5 nitrogen and oxygen atoms in total. The minimum atomic E-state index is -0.0165. The van der Waals surface area contributed by atoms with Crippen LogP contribution in [0.4, 0.5) is 5.69 Å². The quantitative estimate of drug-likeness (QED) is 0.511. The van der Waals surface area contributed by atoms with E-state index in [1.54, 1.807) is 31.6 Å². The SMILES string of the molecule is COc1ccc(-c2[nH]c3ccccc3c2CCC(=O)Nc2ccncc2)cc1. The van der Waals surface area contributed by atoms with Crippen molar-refractivity contribution in [3.05, 3.63) is 78.6 Å². The third kappa shape index (κ3) is 3.74. The summed E-state index contributed by atoms with van der Waals surface area (Å²) in [6.07, 6.45) is 4.36. The third-order valence-corrected chi connectivity index (χ3v) is 4.76. The van der Waals surface area contributed by atoms with E-state index in [9.17, 15) is 4.79 Å². The second-order valence-corrected chi connectivity index (χ2v) is 6.54. The van der Waals surface area contributed by atoms with Crippen molar-refractivity contribution in [3.8, 4) is 17.0 Å². The first-order valence-corrected chi connectivity index (χ1v) is 9.18. The van der Waals surface area contributed by atoms with Gasteiger partial charge < -0.3 is 15.0 Å². The summed E-state index contributed by atoms with van der Waals surface area (Å²) in [6, 6.07) is 19.7. The van der Waals surface area contributed by atoms with Gasteiger partial charge in [-0.25, -0.2) is 0 Å². The summed E-state index contributed by atoms with van der Waals surface area (Å²) >= 11 is 0. The number of methoxy groups -OCH3 is 1. The van der Waals surface area contributed by atoms with Gasteiger partial charge in [0.2, 0.25) is 5.91 Å². The first kappa shape index (κ1) is 17.8. The highest BCUT2D eigenvalue weighted by Crippen LogP contribution is 2.32. The molecule has 2 aromatic carbocycles. The summed E-state index contributed by atoms with van der Waals surface area (Å²) in [6.45, 7) is 0. The molecular formula is C23H21N3O2. The standard InChI is InChI=1S/C23H21N3O2/c1-28-18-8-6-16(7-9-18)23-20(19-4-2-3-5-21(19)26-23)10-11-22(27)25-17-12-14-24-15-13-17/h2-9,12-15,26H,10-11H2,1H3,(H,24,25,27). The van der Waals surface area contributed by atoms with Crippen LogP contribution < -0.4 is 10.1 Å². The maximum Gasteiger partial charge on any atom is 0.224 e. The van der Waals surface area contributed by atoms with Crippen LogP contribution in [0.25, 0.3) is 22.2 Å². The summed E-state index contributed by atoms with van der Waals surface area (Å²) in [5.41, 5.74) is 5.08. The van der Waals surface area contributed by atoms with E-state index in [2.05, 4.69) is 27.4 Å². The first-order valence-electron chi connectivity index (χ1n) is 9.18. The van der Waals surface area contributed by atoms with Gasteiger partial charge in [0.05, 0.1) is 7.11 Å². The highest BCUT2D eigenvalue weighted by Gasteiger charge is 2.14. The van der Waals surface area contributed by atoms with E-state index in [0.29, 0.717) is 12.8 Å². The molecule has 0 spiro atoms. The Balaban J connectivity index is 1.60. The van der Waals surface area contributed by atoms with Gasteiger partial charge in [-0.3, -0.25) is 9.78 Å². The molecule has 4 rings (SSSR count). The second-order valence-electron chi connectivity index (χ2n) is 6.54. The fourth-order valence-electron chi connectivity index (χ4n) is 3.36.